The topological polar surface area (TPSA) is 58.6 Å². The molecule has 1 aromatic carbocycles. The second kappa shape index (κ2) is 9.52. The van der Waals surface area contributed by atoms with Crippen LogP contribution in [0.2, 0.25) is 0 Å². The Kier molecular flexibility index (Phi) is 8.05. The fraction of sp³-hybridized carbons (Fsp3) is 0.556. The smallest absolute Gasteiger partial charge is 0.247 e. The molecule has 0 radical (unpaired) electrons. The minimum absolute atomic E-state index is 0.0144. The normalized spacial score (nSPS) is 12.0. The Hall–Kier alpha value is -1.75. The van der Waals surface area contributed by atoms with Crippen LogP contribution >= 0.6 is 11.6 Å². The highest BCUT2D eigenvalue weighted by Crippen LogP contribution is 2.27. The van der Waals surface area contributed by atoms with E-state index >= 15 is 0 Å². The fourth-order valence-electron chi connectivity index (χ4n) is 2.72. The van der Waals surface area contributed by atoms with Gasteiger partial charge in [0.25, 0.3) is 0 Å². The summed E-state index contributed by atoms with van der Waals surface area (Å²) in [7, 11) is 1.61. The standard InChI is InChI=1S/C18H27ClN2O3/c1-12(2)16(21(5)11-22)18(23)20-15-9-13(3)17(14(4)10-15)24-8-6-7-19/h9-12,16H,6-8H2,1-5H3,(H,20,23)/t16-/m0/s1. The molecular weight excluding hydrogens is 328 g/mol. The first-order valence-electron chi connectivity index (χ1n) is 8.09. The van der Waals surface area contributed by atoms with Crippen LogP contribution in [0.5, 0.6) is 5.75 Å². The lowest BCUT2D eigenvalue weighted by Gasteiger charge is -2.27. The van der Waals surface area contributed by atoms with Gasteiger partial charge in [0.05, 0.1) is 6.61 Å². The monoisotopic (exact) mass is 354 g/mol. The van der Waals surface area contributed by atoms with Crippen LogP contribution in [0.1, 0.15) is 31.4 Å². The summed E-state index contributed by atoms with van der Waals surface area (Å²) in [6.45, 7) is 8.27. The van der Waals surface area contributed by atoms with Crippen molar-refractivity contribution in [3.63, 3.8) is 0 Å². The molecular formula is C18H27ClN2O3. The third-order valence-electron chi connectivity index (χ3n) is 3.76. The second-order valence-corrected chi connectivity index (χ2v) is 6.66. The van der Waals surface area contributed by atoms with Crippen LogP contribution in [0.25, 0.3) is 0 Å². The van der Waals surface area contributed by atoms with Crippen LogP contribution in [-0.4, -0.2) is 42.8 Å². The van der Waals surface area contributed by atoms with Crippen LogP contribution in [0.15, 0.2) is 12.1 Å². The lowest BCUT2D eigenvalue weighted by Crippen LogP contribution is -2.44. The Morgan fingerprint density at radius 1 is 1.33 bits per heavy atom. The molecule has 0 fully saturated rings. The summed E-state index contributed by atoms with van der Waals surface area (Å²) in [6, 6.07) is 3.24. The van der Waals surface area contributed by atoms with Crippen molar-refractivity contribution < 1.29 is 14.3 Å². The van der Waals surface area contributed by atoms with E-state index in [0.717, 1.165) is 23.3 Å². The van der Waals surface area contributed by atoms with E-state index in [0.29, 0.717) is 24.6 Å². The molecule has 5 nitrogen and oxygen atoms in total. The number of aryl methyl sites for hydroxylation is 2. The lowest BCUT2D eigenvalue weighted by molar-refractivity contribution is -0.130. The summed E-state index contributed by atoms with van der Waals surface area (Å²) >= 11 is 5.67. The van der Waals surface area contributed by atoms with Gasteiger partial charge in [-0.25, -0.2) is 0 Å². The number of nitrogens with zero attached hydrogens (tertiary/aromatic N) is 1. The number of anilines is 1. The van der Waals surface area contributed by atoms with Gasteiger partial charge in [-0.05, 0) is 49.4 Å². The van der Waals surface area contributed by atoms with Crippen molar-refractivity contribution in [2.45, 2.75) is 40.2 Å². The van der Waals surface area contributed by atoms with Crippen molar-refractivity contribution >= 4 is 29.6 Å². The van der Waals surface area contributed by atoms with Gasteiger partial charge < -0.3 is 15.0 Å². The lowest BCUT2D eigenvalue weighted by atomic mass is 10.0. The zero-order chi connectivity index (χ0) is 18.3. The molecule has 0 aliphatic rings. The molecule has 2 amide bonds. The number of ether oxygens (including phenoxy) is 1. The largest absolute Gasteiger partial charge is 0.493 e. The number of rotatable bonds is 9. The van der Waals surface area contributed by atoms with Crippen molar-refractivity contribution in [3.8, 4) is 5.75 Å². The molecule has 0 aliphatic carbocycles. The number of amides is 2. The number of carbonyl (C=O) groups is 2. The Labute approximate surface area is 149 Å². The van der Waals surface area contributed by atoms with Crippen LogP contribution in [-0.2, 0) is 9.59 Å². The van der Waals surface area contributed by atoms with Crippen molar-refractivity contribution in [2.24, 2.45) is 5.92 Å². The average Bonchev–Trinajstić information content (AvgIpc) is 2.49. The highest BCUT2D eigenvalue weighted by atomic mass is 35.5. The van der Waals surface area contributed by atoms with Gasteiger partial charge in [-0.1, -0.05) is 13.8 Å². The second-order valence-electron chi connectivity index (χ2n) is 6.28. The molecule has 0 bridgehead atoms. The quantitative estimate of drug-likeness (QED) is 0.420. The van der Waals surface area contributed by atoms with Gasteiger partial charge in [-0.3, -0.25) is 9.59 Å². The van der Waals surface area contributed by atoms with E-state index in [9.17, 15) is 9.59 Å². The molecule has 0 aromatic heterocycles. The molecule has 0 unspecified atom stereocenters. The Morgan fingerprint density at radius 3 is 2.38 bits per heavy atom. The van der Waals surface area contributed by atoms with Crippen LogP contribution in [0.3, 0.4) is 0 Å². The third-order valence-corrected chi connectivity index (χ3v) is 4.02. The summed E-state index contributed by atoms with van der Waals surface area (Å²) in [4.78, 5) is 24.9. The predicted molar refractivity (Wildman–Crippen MR) is 97.8 cm³/mol. The van der Waals surface area contributed by atoms with Gasteiger partial charge in [0.1, 0.15) is 11.8 Å². The van der Waals surface area contributed by atoms with E-state index in [-0.39, 0.29) is 11.8 Å². The Bertz CT molecular complexity index is 552. The zero-order valence-electron chi connectivity index (χ0n) is 15.1. The summed E-state index contributed by atoms with van der Waals surface area (Å²) in [5, 5.41) is 2.90. The van der Waals surface area contributed by atoms with Crippen LogP contribution in [0.4, 0.5) is 5.69 Å². The van der Waals surface area contributed by atoms with Crippen LogP contribution in [0, 0.1) is 19.8 Å². The van der Waals surface area contributed by atoms with Crippen molar-refractivity contribution in [1.82, 2.24) is 4.90 Å². The summed E-state index contributed by atoms with van der Waals surface area (Å²) in [5.74, 6) is 1.20. The van der Waals surface area contributed by atoms with E-state index in [1.54, 1.807) is 7.05 Å². The fourth-order valence-corrected chi connectivity index (χ4v) is 2.83. The van der Waals surface area contributed by atoms with Crippen molar-refractivity contribution in [2.75, 3.05) is 24.9 Å². The first kappa shape index (κ1) is 20.3. The first-order valence-corrected chi connectivity index (χ1v) is 8.63. The van der Waals surface area contributed by atoms with E-state index < -0.39 is 6.04 Å². The number of halogens is 1. The number of benzene rings is 1. The van der Waals surface area contributed by atoms with Gasteiger partial charge in [0.15, 0.2) is 0 Å². The van der Waals surface area contributed by atoms with E-state index in [1.165, 1.54) is 4.90 Å². The molecule has 134 valence electrons. The molecule has 0 saturated carbocycles. The molecule has 6 heteroatoms. The molecule has 0 spiro atoms. The molecule has 1 atom stereocenters. The SMILES string of the molecule is Cc1cc(NC(=O)[C@H](C(C)C)N(C)C=O)cc(C)c1OCCCCl. The maximum Gasteiger partial charge on any atom is 0.247 e. The molecule has 0 heterocycles. The Balaban J connectivity index is 2.91. The Morgan fingerprint density at radius 2 is 1.92 bits per heavy atom. The molecule has 1 N–H and O–H groups in total. The minimum atomic E-state index is -0.511. The number of hydrogen-bond acceptors (Lipinski definition) is 3. The minimum Gasteiger partial charge on any atom is -0.493 e. The molecule has 1 aromatic rings. The molecule has 0 saturated heterocycles. The number of carbonyl (C=O) groups excluding carboxylic acids is 2. The third kappa shape index (κ3) is 5.41. The van der Waals surface area contributed by atoms with Crippen molar-refractivity contribution in [3.05, 3.63) is 23.3 Å². The van der Waals surface area contributed by atoms with E-state index in [4.69, 9.17) is 16.3 Å². The van der Waals surface area contributed by atoms with E-state index in [2.05, 4.69) is 5.32 Å². The first-order chi connectivity index (χ1) is 11.3. The van der Waals surface area contributed by atoms with Crippen LogP contribution < -0.4 is 10.1 Å². The maximum absolute atomic E-state index is 12.5. The predicted octanol–water partition coefficient (Wildman–Crippen LogP) is 3.36. The average molecular weight is 355 g/mol. The molecule has 0 aliphatic heterocycles. The van der Waals surface area contributed by atoms with Gasteiger partial charge >= 0.3 is 0 Å². The van der Waals surface area contributed by atoms with Gasteiger partial charge in [-0.2, -0.15) is 0 Å². The van der Waals surface area contributed by atoms with Gasteiger partial charge in [0.2, 0.25) is 12.3 Å². The number of alkyl halides is 1. The molecule has 1 rings (SSSR count). The maximum atomic E-state index is 12.5. The van der Waals surface area contributed by atoms with Gasteiger partial charge in [0, 0.05) is 18.6 Å². The molecule has 24 heavy (non-hydrogen) atoms. The summed E-state index contributed by atoms with van der Waals surface area (Å²) < 4.78 is 5.76. The van der Waals surface area contributed by atoms with Crippen molar-refractivity contribution in [1.29, 1.82) is 0 Å². The highest BCUT2D eigenvalue weighted by molar-refractivity contribution is 6.17. The summed E-state index contributed by atoms with van der Waals surface area (Å²) in [5.41, 5.74) is 2.60. The van der Waals surface area contributed by atoms with Gasteiger partial charge in [-0.15, -0.1) is 11.6 Å². The summed E-state index contributed by atoms with van der Waals surface area (Å²) in [6.07, 6.45) is 1.46. The van der Waals surface area contributed by atoms with E-state index in [1.807, 2.05) is 39.8 Å². The number of nitrogens with one attached hydrogen (secondary N) is 1. The zero-order valence-corrected chi connectivity index (χ0v) is 15.8. The highest BCUT2D eigenvalue weighted by Gasteiger charge is 2.26. The number of likely N-dealkylation sites (N-methyl/N-ethyl adjacent to an activating group) is 1. The number of hydrogen-bond donors (Lipinski definition) is 1.